The fourth-order valence-electron chi connectivity index (χ4n) is 2.09. The number of nitrogens with zero attached hydrogens (tertiary/aromatic N) is 2. The minimum Gasteiger partial charge on any atom is -0.339 e. The minimum atomic E-state index is -0.208. The van der Waals surface area contributed by atoms with Crippen molar-refractivity contribution in [2.24, 2.45) is 5.92 Å². The van der Waals surface area contributed by atoms with E-state index in [2.05, 4.69) is 34.6 Å². The van der Waals surface area contributed by atoms with Crippen molar-refractivity contribution >= 4 is 11.7 Å². The predicted octanol–water partition coefficient (Wildman–Crippen LogP) is 3.33. The number of carbonyl (C=O) groups excluding carboxylic acids is 1. The Morgan fingerprint density at radius 2 is 2.00 bits per heavy atom. The van der Waals surface area contributed by atoms with E-state index in [4.69, 9.17) is 4.52 Å². The third-order valence-corrected chi connectivity index (χ3v) is 3.26. The van der Waals surface area contributed by atoms with Crippen LogP contribution < -0.4 is 10.6 Å². The molecule has 6 nitrogen and oxygen atoms in total. The summed E-state index contributed by atoms with van der Waals surface area (Å²) in [7, 11) is 0. The molecular weight excluding hydrogens is 292 g/mol. The van der Waals surface area contributed by atoms with Gasteiger partial charge in [0.25, 0.3) is 0 Å². The molecule has 0 saturated carbocycles. The second-order valence-corrected chi connectivity index (χ2v) is 6.05. The van der Waals surface area contributed by atoms with E-state index in [1.54, 1.807) is 0 Å². The number of amides is 2. The molecule has 6 heteroatoms. The zero-order chi connectivity index (χ0) is 16.7. The second-order valence-electron chi connectivity index (χ2n) is 6.05. The highest BCUT2D eigenvalue weighted by molar-refractivity contribution is 5.89. The van der Waals surface area contributed by atoms with Crippen LogP contribution in [0, 0.1) is 12.8 Å². The van der Waals surface area contributed by atoms with Crippen molar-refractivity contribution in [3.05, 3.63) is 41.5 Å². The molecule has 0 saturated heterocycles. The molecule has 0 aliphatic carbocycles. The van der Waals surface area contributed by atoms with E-state index in [9.17, 15) is 4.79 Å². The minimum absolute atomic E-state index is 0.208. The van der Waals surface area contributed by atoms with Gasteiger partial charge >= 0.3 is 6.03 Å². The SMILES string of the molecule is Cc1ccc(NC(=O)NCCCc2nc(CC(C)C)no2)cc1. The van der Waals surface area contributed by atoms with Gasteiger partial charge in [-0.3, -0.25) is 0 Å². The first-order chi connectivity index (χ1) is 11.0. The number of carbonyl (C=O) groups is 1. The summed E-state index contributed by atoms with van der Waals surface area (Å²) in [4.78, 5) is 16.1. The molecular formula is C17H24N4O2. The second kappa shape index (κ2) is 8.31. The first-order valence-electron chi connectivity index (χ1n) is 7.96. The van der Waals surface area contributed by atoms with Crippen molar-refractivity contribution in [1.29, 1.82) is 0 Å². The van der Waals surface area contributed by atoms with Crippen LogP contribution in [-0.2, 0) is 12.8 Å². The molecule has 23 heavy (non-hydrogen) atoms. The van der Waals surface area contributed by atoms with Gasteiger partial charge in [-0.05, 0) is 31.4 Å². The topological polar surface area (TPSA) is 80.0 Å². The highest BCUT2D eigenvalue weighted by Gasteiger charge is 2.08. The maximum atomic E-state index is 11.8. The van der Waals surface area contributed by atoms with Gasteiger partial charge in [0, 0.05) is 25.1 Å². The Morgan fingerprint density at radius 3 is 2.70 bits per heavy atom. The number of aromatic nitrogens is 2. The molecule has 0 aliphatic rings. The molecule has 0 aliphatic heterocycles. The van der Waals surface area contributed by atoms with Crippen LogP contribution in [0.4, 0.5) is 10.5 Å². The van der Waals surface area contributed by atoms with Crippen LogP contribution >= 0.6 is 0 Å². The normalized spacial score (nSPS) is 10.8. The lowest BCUT2D eigenvalue weighted by atomic mass is 10.1. The van der Waals surface area contributed by atoms with E-state index < -0.39 is 0 Å². The Bertz CT molecular complexity index is 620. The number of hydrogen-bond donors (Lipinski definition) is 2. The van der Waals surface area contributed by atoms with Crippen molar-refractivity contribution < 1.29 is 9.32 Å². The van der Waals surface area contributed by atoms with Gasteiger partial charge in [0.15, 0.2) is 5.82 Å². The number of urea groups is 1. The van der Waals surface area contributed by atoms with Crippen LogP contribution in [0.15, 0.2) is 28.8 Å². The summed E-state index contributed by atoms with van der Waals surface area (Å²) >= 11 is 0. The van der Waals surface area contributed by atoms with Crippen LogP contribution in [0.1, 0.15) is 37.5 Å². The number of aryl methyl sites for hydroxylation is 2. The maximum absolute atomic E-state index is 11.8. The summed E-state index contributed by atoms with van der Waals surface area (Å²) in [6.07, 6.45) is 2.24. The standard InChI is InChI=1S/C17H24N4O2/c1-12(2)11-15-20-16(23-21-15)5-4-10-18-17(22)19-14-8-6-13(3)7-9-14/h6-9,12H,4-5,10-11H2,1-3H3,(H2,18,19,22). The fourth-order valence-corrected chi connectivity index (χ4v) is 2.09. The van der Waals surface area contributed by atoms with Gasteiger partial charge in [-0.25, -0.2) is 4.79 Å². The summed E-state index contributed by atoms with van der Waals surface area (Å²) in [6, 6.07) is 7.47. The molecule has 0 unspecified atom stereocenters. The number of anilines is 1. The Kier molecular flexibility index (Phi) is 6.14. The van der Waals surface area contributed by atoms with Crippen molar-refractivity contribution in [2.45, 2.75) is 40.0 Å². The van der Waals surface area contributed by atoms with Crippen molar-refractivity contribution in [3.8, 4) is 0 Å². The van der Waals surface area contributed by atoms with E-state index in [0.29, 0.717) is 24.8 Å². The number of benzene rings is 1. The molecule has 0 fully saturated rings. The smallest absolute Gasteiger partial charge is 0.319 e. The van der Waals surface area contributed by atoms with E-state index in [-0.39, 0.29) is 6.03 Å². The molecule has 1 aromatic heterocycles. The van der Waals surface area contributed by atoms with Crippen LogP contribution in [-0.4, -0.2) is 22.7 Å². The zero-order valence-electron chi connectivity index (χ0n) is 13.9. The van der Waals surface area contributed by atoms with Crippen LogP contribution in [0.2, 0.25) is 0 Å². The number of rotatable bonds is 7. The highest BCUT2D eigenvalue weighted by Crippen LogP contribution is 2.08. The summed E-state index contributed by atoms with van der Waals surface area (Å²) in [6.45, 7) is 6.80. The van der Waals surface area contributed by atoms with Gasteiger partial charge in [0.2, 0.25) is 5.89 Å². The average molecular weight is 316 g/mol. The Balaban J connectivity index is 1.65. The van der Waals surface area contributed by atoms with Crippen LogP contribution in [0.5, 0.6) is 0 Å². The largest absolute Gasteiger partial charge is 0.339 e. The number of nitrogens with one attached hydrogen (secondary N) is 2. The summed E-state index contributed by atoms with van der Waals surface area (Å²) in [5.74, 6) is 1.88. The van der Waals surface area contributed by atoms with Gasteiger partial charge < -0.3 is 15.2 Å². The lowest BCUT2D eigenvalue weighted by Crippen LogP contribution is -2.29. The van der Waals surface area contributed by atoms with Gasteiger partial charge in [0.1, 0.15) is 0 Å². The molecule has 124 valence electrons. The van der Waals surface area contributed by atoms with Crippen LogP contribution in [0.3, 0.4) is 0 Å². The third-order valence-electron chi connectivity index (χ3n) is 3.26. The third kappa shape index (κ3) is 6.10. The van der Waals surface area contributed by atoms with E-state index in [0.717, 1.165) is 29.9 Å². The van der Waals surface area contributed by atoms with E-state index >= 15 is 0 Å². The Morgan fingerprint density at radius 1 is 1.26 bits per heavy atom. The van der Waals surface area contributed by atoms with Crippen LogP contribution in [0.25, 0.3) is 0 Å². The first-order valence-corrected chi connectivity index (χ1v) is 7.96. The summed E-state index contributed by atoms with van der Waals surface area (Å²) < 4.78 is 5.19. The van der Waals surface area contributed by atoms with Crippen molar-refractivity contribution in [1.82, 2.24) is 15.5 Å². The Labute approximate surface area is 136 Å². The molecule has 2 N–H and O–H groups in total. The molecule has 2 amide bonds. The molecule has 0 spiro atoms. The molecule has 2 rings (SSSR count). The lowest BCUT2D eigenvalue weighted by molar-refractivity contribution is 0.252. The molecule has 0 bridgehead atoms. The highest BCUT2D eigenvalue weighted by atomic mass is 16.5. The molecule has 0 atom stereocenters. The van der Waals surface area contributed by atoms with E-state index in [1.807, 2.05) is 31.2 Å². The molecule has 0 radical (unpaired) electrons. The van der Waals surface area contributed by atoms with Gasteiger partial charge in [-0.2, -0.15) is 4.98 Å². The van der Waals surface area contributed by atoms with Gasteiger partial charge in [-0.1, -0.05) is 36.7 Å². The Hall–Kier alpha value is -2.37. The molecule has 1 heterocycles. The average Bonchev–Trinajstić information content (AvgIpc) is 2.93. The lowest BCUT2D eigenvalue weighted by Gasteiger charge is -2.07. The maximum Gasteiger partial charge on any atom is 0.319 e. The molecule has 1 aromatic carbocycles. The number of hydrogen-bond acceptors (Lipinski definition) is 4. The molecule has 2 aromatic rings. The first kappa shape index (κ1) is 17.0. The van der Waals surface area contributed by atoms with E-state index in [1.165, 1.54) is 0 Å². The quantitative estimate of drug-likeness (QED) is 0.768. The van der Waals surface area contributed by atoms with Gasteiger partial charge in [0.05, 0.1) is 0 Å². The van der Waals surface area contributed by atoms with Crippen molar-refractivity contribution in [3.63, 3.8) is 0 Å². The fraction of sp³-hybridized carbons (Fsp3) is 0.471. The summed E-state index contributed by atoms with van der Waals surface area (Å²) in [5.41, 5.74) is 1.94. The summed E-state index contributed by atoms with van der Waals surface area (Å²) in [5, 5.41) is 9.55. The monoisotopic (exact) mass is 316 g/mol. The zero-order valence-corrected chi connectivity index (χ0v) is 13.9. The predicted molar refractivity (Wildman–Crippen MR) is 89.4 cm³/mol. The van der Waals surface area contributed by atoms with Crippen molar-refractivity contribution in [2.75, 3.05) is 11.9 Å². The van der Waals surface area contributed by atoms with Gasteiger partial charge in [-0.15, -0.1) is 0 Å².